The first-order chi connectivity index (χ1) is 15.4. The van der Waals surface area contributed by atoms with Crippen LogP contribution in [0.25, 0.3) is 50.0 Å². The number of rotatable bonds is 0. The Balaban J connectivity index is 1.47. The van der Waals surface area contributed by atoms with Crippen LogP contribution in [0, 0.1) is 0 Å². The molecule has 144 valence electrons. The topological polar surface area (TPSA) is 43.1 Å². The first-order valence-electron chi connectivity index (χ1n) is 10.6. The van der Waals surface area contributed by atoms with E-state index in [4.69, 9.17) is 15.0 Å². The summed E-state index contributed by atoms with van der Waals surface area (Å²) in [6.07, 6.45) is 5.60. The van der Waals surface area contributed by atoms with Gasteiger partial charge >= 0.3 is 0 Å². The van der Waals surface area contributed by atoms with Crippen molar-refractivity contribution in [3.8, 4) is 22.4 Å². The maximum absolute atomic E-state index is 5.15. The second kappa shape index (κ2) is 5.35. The number of nitrogens with zero attached hydrogens (tertiary/aromatic N) is 4. The van der Waals surface area contributed by atoms with Gasteiger partial charge in [0.1, 0.15) is 11.2 Å². The van der Waals surface area contributed by atoms with Gasteiger partial charge in [-0.05, 0) is 52.4 Å². The Morgan fingerprint density at radius 1 is 0.645 bits per heavy atom. The Morgan fingerprint density at radius 3 is 2.42 bits per heavy atom. The van der Waals surface area contributed by atoms with Crippen molar-refractivity contribution in [1.29, 1.82) is 0 Å². The first kappa shape index (κ1) is 15.7. The van der Waals surface area contributed by atoms with E-state index in [2.05, 4.69) is 52.9 Å². The number of aromatic nitrogens is 4. The largest absolute Gasteiger partial charge is 0.278 e. The molecule has 2 aliphatic rings. The molecule has 8 rings (SSSR count). The molecule has 4 aromatic heterocycles. The van der Waals surface area contributed by atoms with Gasteiger partial charge < -0.3 is 0 Å². The molecular weight excluding hydrogens is 380 g/mol. The van der Waals surface area contributed by atoms with Gasteiger partial charge in [0.25, 0.3) is 0 Å². The SMILES string of the molecule is c1ccc2c(c1)Cc1c-2ccc2c1Cc1c-2nc2c3ncccc3c3cccnc3n12. The molecule has 6 aromatic rings. The quantitative estimate of drug-likeness (QED) is 0.315. The Bertz CT molecular complexity index is 1740. The molecule has 4 heteroatoms. The Morgan fingerprint density at radius 2 is 1.45 bits per heavy atom. The standard InChI is InChI=1S/C27H16N4/c1-2-6-16-15(5-1)13-21-17(16)9-10-19-22(21)14-23-24(19)30-27-25-18(7-3-11-28-25)20-8-4-12-29-26(20)31(23)27/h1-12H,13-14H2. The maximum atomic E-state index is 5.15. The summed E-state index contributed by atoms with van der Waals surface area (Å²) in [6, 6.07) is 21.5. The van der Waals surface area contributed by atoms with Crippen molar-refractivity contribution >= 4 is 27.6 Å². The van der Waals surface area contributed by atoms with Crippen molar-refractivity contribution in [1.82, 2.24) is 19.4 Å². The van der Waals surface area contributed by atoms with Gasteiger partial charge in [-0.25, -0.2) is 9.97 Å². The van der Waals surface area contributed by atoms with Crippen LogP contribution in [0.4, 0.5) is 0 Å². The third kappa shape index (κ3) is 1.84. The molecule has 0 fully saturated rings. The lowest BCUT2D eigenvalue weighted by Gasteiger charge is -2.10. The van der Waals surface area contributed by atoms with Crippen LogP contribution in [0.15, 0.2) is 73.1 Å². The molecule has 0 spiro atoms. The minimum absolute atomic E-state index is 0.882. The van der Waals surface area contributed by atoms with E-state index in [-0.39, 0.29) is 0 Å². The minimum atomic E-state index is 0.882. The van der Waals surface area contributed by atoms with E-state index in [1.54, 1.807) is 0 Å². The monoisotopic (exact) mass is 396 g/mol. The Hall–Kier alpha value is -4.05. The Labute approximate surface area is 177 Å². The van der Waals surface area contributed by atoms with Gasteiger partial charge in [-0.3, -0.25) is 9.38 Å². The molecule has 0 atom stereocenters. The number of pyridine rings is 3. The molecule has 2 aliphatic carbocycles. The molecule has 0 radical (unpaired) electrons. The van der Waals surface area contributed by atoms with Gasteiger partial charge in [0, 0.05) is 35.2 Å². The predicted molar refractivity (Wildman–Crippen MR) is 122 cm³/mol. The van der Waals surface area contributed by atoms with E-state index in [0.29, 0.717) is 0 Å². The zero-order valence-electron chi connectivity index (χ0n) is 16.6. The fourth-order valence-electron chi connectivity index (χ4n) is 5.67. The summed E-state index contributed by atoms with van der Waals surface area (Å²) in [4.78, 5) is 14.6. The van der Waals surface area contributed by atoms with Gasteiger partial charge in [-0.1, -0.05) is 42.5 Å². The van der Waals surface area contributed by atoms with Crippen molar-refractivity contribution in [3.05, 3.63) is 95.4 Å². The predicted octanol–water partition coefficient (Wildman–Crippen LogP) is 5.57. The van der Waals surface area contributed by atoms with E-state index in [9.17, 15) is 0 Å². The van der Waals surface area contributed by atoms with E-state index in [1.807, 2.05) is 24.5 Å². The van der Waals surface area contributed by atoms with Gasteiger partial charge in [-0.2, -0.15) is 0 Å². The molecular formula is C27H16N4. The summed E-state index contributed by atoms with van der Waals surface area (Å²) in [5.74, 6) is 0. The minimum Gasteiger partial charge on any atom is -0.278 e. The van der Waals surface area contributed by atoms with Crippen LogP contribution in [0.3, 0.4) is 0 Å². The van der Waals surface area contributed by atoms with Crippen LogP contribution >= 0.6 is 0 Å². The number of hydrogen-bond donors (Lipinski definition) is 0. The third-order valence-corrected chi connectivity index (χ3v) is 6.99. The van der Waals surface area contributed by atoms with Gasteiger partial charge in [0.15, 0.2) is 5.65 Å². The molecule has 2 aromatic carbocycles. The first-order valence-corrected chi connectivity index (χ1v) is 10.6. The summed E-state index contributed by atoms with van der Waals surface area (Å²) in [5.41, 5.74) is 13.4. The highest BCUT2D eigenvalue weighted by atomic mass is 15.1. The lowest BCUT2D eigenvalue weighted by Crippen LogP contribution is -2.00. The molecule has 0 bridgehead atoms. The van der Waals surface area contributed by atoms with Crippen molar-refractivity contribution in [2.45, 2.75) is 12.8 Å². The van der Waals surface area contributed by atoms with Crippen LogP contribution < -0.4 is 0 Å². The maximum Gasteiger partial charge on any atom is 0.166 e. The highest BCUT2D eigenvalue weighted by Gasteiger charge is 2.32. The number of imidazole rings is 1. The fourth-order valence-corrected chi connectivity index (χ4v) is 5.67. The lowest BCUT2D eigenvalue weighted by molar-refractivity contribution is 1.05. The van der Waals surface area contributed by atoms with Crippen molar-refractivity contribution in [3.63, 3.8) is 0 Å². The molecule has 0 aliphatic heterocycles. The second-order valence-corrected chi connectivity index (χ2v) is 8.47. The smallest absolute Gasteiger partial charge is 0.166 e. The third-order valence-electron chi connectivity index (χ3n) is 6.99. The molecule has 0 N–H and O–H groups in total. The summed E-state index contributed by atoms with van der Waals surface area (Å²) in [6.45, 7) is 0. The second-order valence-electron chi connectivity index (χ2n) is 8.47. The van der Waals surface area contributed by atoms with Crippen LogP contribution in [0.1, 0.15) is 22.4 Å². The highest BCUT2D eigenvalue weighted by Crippen LogP contribution is 2.47. The van der Waals surface area contributed by atoms with Crippen LogP contribution in [-0.4, -0.2) is 19.4 Å². The van der Waals surface area contributed by atoms with Crippen LogP contribution in [0.2, 0.25) is 0 Å². The van der Waals surface area contributed by atoms with Gasteiger partial charge in [0.2, 0.25) is 0 Å². The molecule has 31 heavy (non-hydrogen) atoms. The molecule has 0 saturated carbocycles. The average Bonchev–Trinajstić information content (AvgIpc) is 3.49. The summed E-state index contributed by atoms with van der Waals surface area (Å²) >= 11 is 0. The Kier molecular flexibility index (Phi) is 2.72. The molecule has 0 unspecified atom stereocenters. The lowest BCUT2D eigenvalue weighted by atomic mass is 9.97. The molecule has 0 saturated heterocycles. The van der Waals surface area contributed by atoms with E-state index in [1.165, 1.54) is 39.1 Å². The molecule has 4 heterocycles. The summed E-state index contributed by atoms with van der Waals surface area (Å²) in [7, 11) is 0. The van der Waals surface area contributed by atoms with Crippen LogP contribution in [-0.2, 0) is 12.8 Å². The zero-order valence-corrected chi connectivity index (χ0v) is 16.6. The zero-order chi connectivity index (χ0) is 20.1. The molecule has 0 amide bonds. The normalized spacial score (nSPS) is 13.5. The van der Waals surface area contributed by atoms with Crippen molar-refractivity contribution < 1.29 is 0 Å². The van der Waals surface area contributed by atoms with E-state index in [0.717, 1.165) is 46.1 Å². The number of hydrogen-bond acceptors (Lipinski definition) is 3. The average molecular weight is 396 g/mol. The van der Waals surface area contributed by atoms with E-state index < -0.39 is 0 Å². The van der Waals surface area contributed by atoms with Crippen molar-refractivity contribution in [2.24, 2.45) is 0 Å². The van der Waals surface area contributed by atoms with Gasteiger partial charge in [-0.15, -0.1) is 0 Å². The number of benzene rings is 2. The van der Waals surface area contributed by atoms with Crippen LogP contribution in [0.5, 0.6) is 0 Å². The van der Waals surface area contributed by atoms with E-state index >= 15 is 0 Å². The summed E-state index contributed by atoms with van der Waals surface area (Å²) in [5, 5.41) is 2.22. The molecule has 4 nitrogen and oxygen atoms in total. The van der Waals surface area contributed by atoms with Crippen molar-refractivity contribution in [2.75, 3.05) is 0 Å². The fraction of sp³-hybridized carbons (Fsp3) is 0.0741. The number of fused-ring (bicyclic) bond motifs is 14. The highest BCUT2D eigenvalue weighted by molar-refractivity contribution is 6.09. The summed E-state index contributed by atoms with van der Waals surface area (Å²) < 4.78 is 2.24. The van der Waals surface area contributed by atoms with Gasteiger partial charge in [0.05, 0.1) is 11.4 Å².